The van der Waals surface area contributed by atoms with Gasteiger partial charge in [0.25, 0.3) is 0 Å². The Balaban J connectivity index is 2.24. The van der Waals surface area contributed by atoms with Crippen LogP contribution in [0, 0.1) is 0 Å². The lowest BCUT2D eigenvalue weighted by Crippen LogP contribution is -2.37. The molecule has 0 aliphatic heterocycles. The van der Waals surface area contributed by atoms with Crippen LogP contribution in [0.1, 0.15) is 20.8 Å². The van der Waals surface area contributed by atoms with Gasteiger partial charge in [0.1, 0.15) is 23.8 Å². The molecular formula is C21H26N2O5. The SMILES string of the molecule is COc1ccc(OC)c(NC(=O)CN(C(C)=O)c2ccccc2OC(C)C)c1. The number of benzene rings is 2. The van der Waals surface area contributed by atoms with Crippen LogP contribution in [0.25, 0.3) is 0 Å². The average Bonchev–Trinajstić information content (AvgIpc) is 2.66. The van der Waals surface area contributed by atoms with Crippen molar-refractivity contribution in [3.8, 4) is 17.2 Å². The summed E-state index contributed by atoms with van der Waals surface area (Å²) in [7, 11) is 3.05. The molecular weight excluding hydrogens is 360 g/mol. The molecule has 2 amide bonds. The highest BCUT2D eigenvalue weighted by Crippen LogP contribution is 2.31. The van der Waals surface area contributed by atoms with Crippen molar-refractivity contribution in [2.75, 3.05) is 31.0 Å². The molecule has 0 spiro atoms. The average molecular weight is 386 g/mol. The van der Waals surface area contributed by atoms with E-state index in [1.807, 2.05) is 19.9 Å². The lowest BCUT2D eigenvalue weighted by Gasteiger charge is -2.24. The summed E-state index contributed by atoms with van der Waals surface area (Å²) in [5, 5.41) is 2.77. The second-order valence-corrected chi connectivity index (χ2v) is 6.35. The van der Waals surface area contributed by atoms with Crippen LogP contribution in [0.4, 0.5) is 11.4 Å². The molecule has 0 unspecified atom stereocenters. The van der Waals surface area contributed by atoms with E-state index >= 15 is 0 Å². The van der Waals surface area contributed by atoms with Gasteiger partial charge in [-0.25, -0.2) is 0 Å². The molecule has 0 fully saturated rings. The molecule has 2 aromatic rings. The van der Waals surface area contributed by atoms with Gasteiger partial charge in [-0.05, 0) is 38.1 Å². The van der Waals surface area contributed by atoms with Gasteiger partial charge < -0.3 is 19.5 Å². The van der Waals surface area contributed by atoms with E-state index in [1.54, 1.807) is 36.4 Å². The third kappa shape index (κ3) is 5.39. The highest BCUT2D eigenvalue weighted by molar-refractivity contribution is 6.03. The van der Waals surface area contributed by atoms with E-state index in [9.17, 15) is 9.59 Å². The number of nitrogens with one attached hydrogen (secondary N) is 1. The van der Waals surface area contributed by atoms with Gasteiger partial charge in [0.15, 0.2) is 0 Å². The zero-order valence-corrected chi connectivity index (χ0v) is 16.8. The van der Waals surface area contributed by atoms with E-state index < -0.39 is 0 Å². The van der Waals surface area contributed by atoms with Crippen LogP contribution in [-0.4, -0.2) is 38.7 Å². The number of methoxy groups -OCH3 is 2. The second-order valence-electron chi connectivity index (χ2n) is 6.35. The number of nitrogens with zero attached hydrogens (tertiary/aromatic N) is 1. The van der Waals surface area contributed by atoms with Crippen LogP contribution < -0.4 is 24.4 Å². The Hall–Kier alpha value is -3.22. The summed E-state index contributed by atoms with van der Waals surface area (Å²) in [6.45, 7) is 5.03. The fraction of sp³-hybridized carbons (Fsp3) is 0.333. The Bertz CT molecular complexity index is 835. The van der Waals surface area contributed by atoms with Gasteiger partial charge in [-0.15, -0.1) is 0 Å². The van der Waals surface area contributed by atoms with Gasteiger partial charge in [-0.1, -0.05) is 12.1 Å². The molecule has 150 valence electrons. The number of carbonyl (C=O) groups excluding carboxylic acids is 2. The smallest absolute Gasteiger partial charge is 0.244 e. The highest BCUT2D eigenvalue weighted by Gasteiger charge is 2.20. The number of rotatable bonds is 8. The molecule has 0 atom stereocenters. The van der Waals surface area contributed by atoms with E-state index in [0.717, 1.165) is 0 Å². The monoisotopic (exact) mass is 386 g/mol. The van der Waals surface area contributed by atoms with Crippen molar-refractivity contribution in [2.24, 2.45) is 0 Å². The standard InChI is InChI=1S/C21H26N2O5/c1-14(2)28-20-9-7-6-8-18(20)23(15(3)24)13-21(25)22-17-12-16(26-4)10-11-19(17)27-5/h6-12,14H,13H2,1-5H3,(H,22,25). The quantitative estimate of drug-likeness (QED) is 0.752. The Labute approximate surface area is 165 Å². The Morgan fingerprint density at radius 2 is 1.75 bits per heavy atom. The molecule has 0 radical (unpaired) electrons. The predicted molar refractivity (Wildman–Crippen MR) is 108 cm³/mol. The molecule has 0 aromatic heterocycles. The Morgan fingerprint density at radius 3 is 2.36 bits per heavy atom. The number of anilines is 2. The first-order chi connectivity index (χ1) is 13.3. The molecule has 28 heavy (non-hydrogen) atoms. The van der Waals surface area contributed by atoms with Gasteiger partial charge in [0, 0.05) is 13.0 Å². The number of amides is 2. The third-order valence-electron chi connectivity index (χ3n) is 3.88. The second kappa shape index (κ2) is 9.64. The van der Waals surface area contributed by atoms with Crippen molar-refractivity contribution >= 4 is 23.2 Å². The molecule has 0 aliphatic rings. The summed E-state index contributed by atoms with van der Waals surface area (Å²) >= 11 is 0. The normalized spacial score (nSPS) is 10.4. The van der Waals surface area contributed by atoms with Crippen LogP contribution in [0.2, 0.25) is 0 Å². The van der Waals surface area contributed by atoms with Crippen LogP contribution in [0.15, 0.2) is 42.5 Å². The molecule has 7 heteroatoms. The Kier molecular flexibility index (Phi) is 7.26. The van der Waals surface area contributed by atoms with Gasteiger partial charge >= 0.3 is 0 Å². The summed E-state index contributed by atoms with van der Waals surface area (Å²) in [4.78, 5) is 26.3. The minimum atomic E-state index is -0.374. The first kappa shape index (κ1) is 21.1. The molecule has 2 rings (SSSR count). The number of hydrogen-bond donors (Lipinski definition) is 1. The summed E-state index contributed by atoms with van der Waals surface area (Å²) < 4.78 is 16.2. The first-order valence-electron chi connectivity index (χ1n) is 8.91. The van der Waals surface area contributed by atoms with Crippen molar-refractivity contribution in [2.45, 2.75) is 26.9 Å². The number of carbonyl (C=O) groups is 2. The fourth-order valence-corrected chi connectivity index (χ4v) is 2.64. The van der Waals surface area contributed by atoms with Crippen molar-refractivity contribution in [3.05, 3.63) is 42.5 Å². The molecule has 0 bridgehead atoms. The fourth-order valence-electron chi connectivity index (χ4n) is 2.64. The van der Waals surface area contributed by atoms with Crippen molar-refractivity contribution in [1.29, 1.82) is 0 Å². The van der Waals surface area contributed by atoms with Gasteiger partial charge in [-0.3, -0.25) is 14.5 Å². The van der Waals surface area contributed by atoms with E-state index in [0.29, 0.717) is 28.6 Å². The van der Waals surface area contributed by atoms with Gasteiger partial charge in [-0.2, -0.15) is 0 Å². The van der Waals surface area contributed by atoms with Gasteiger partial charge in [0.05, 0.1) is 31.7 Å². The molecule has 2 aromatic carbocycles. The molecule has 0 aliphatic carbocycles. The highest BCUT2D eigenvalue weighted by atomic mass is 16.5. The zero-order chi connectivity index (χ0) is 20.7. The molecule has 1 N–H and O–H groups in total. The van der Waals surface area contributed by atoms with Crippen LogP contribution in [-0.2, 0) is 9.59 Å². The maximum absolute atomic E-state index is 12.7. The van der Waals surface area contributed by atoms with Crippen molar-refractivity contribution in [1.82, 2.24) is 0 Å². The lowest BCUT2D eigenvalue weighted by atomic mass is 10.2. The topological polar surface area (TPSA) is 77.1 Å². The summed E-state index contributed by atoms with van der Waals surface area (Å²) in [5.74, 6) is 0.968. The maximum Gasteiger partial charge on any atom is 0.244 e. The van der Waals surface area contributed by atoms with Crippen LogP contribution in [0.5, 0.6) is 17.2 Å². The minimum absolute atomic E-state index is 0.0650. The predicted octanol–water partition coefficient (Wildman–Crippen LogP) is 3.48. The zero-order valence-electron chi connectivity index (χ0n) is 16.8. The number of hydrogen-bond acceptors (Lipinski definition) is 5. The first-order valence-corrected chi connectivity index (χ1v) is 8.91. The number of ether oxygens (including phenoxy) is 3. The third-order valence-corrected chi connectivity index (χ3v) is 3.88. The number of para-hydroxylation sites is 2. The summed E-state index contributed by atoms with van der Waals surface area (Å²) in [5.41, 5.74) is 0.999. The minimum Gasteiger partial charge on any atom is -0.497 e. The lowest BCUT2D eigenvalue weighted by molar-refractivity contribution is -0.120. The summed E-state index contributed by atoms with van der Waals surface area (Å²) in [6.07, 6.45) is -0.0650. The molecule has 0 saturated carbocycles. The van der Waals surface area contributed by atoms with E-state index in [4.69, 9.17) is 14.2 Å². The molecule has 7 nitrogen and oxygen atoms in total. The van der Waals surface area contributed by atoms with E-state index in [-0.39, 0.29) is 24.5 Å². The van der Waals surface area contributed by atoms with Gasteiger partial charge in [0.2, 0.25) is 11.8 Å². The van der Waals surface area contributed by atoms with E-state index in [1.165, 1.54) is 26.0 Å². The maximum atomic E-state index is 12.7. The van der Waals surface area contributed by atoms with Crippen LogP contribution in [0.3, 0.4) is 0 Å². The van der Waals surface area contributed by atoms with Crippen LogP contribution >= 0.6 is 0 Å². The molecule has 0 heterocycles. The largest absolute Gasteiger partial charge is 0.497 e. The Morgan fingerprint density at radius 1 is 1.04 bits per heavy atom. The van der Waals surface area contributed by atoms with Crippen molar-refractivity contribution in [3.63, 3.8) is 0 Å². The van der Waals surface area contributed by atoms with Crippen molar-refractivity contribution < 1.29 is 23.8 Å². The summed E-state index contributed by atoms with van der Waals surface area (Å²) in [6, 6.07) is 12.2. The van der Waals surface area contributed by atoms with E-state index in [2.05, 4.69) is 5.32 Å². The molecule has 0 saturated heterocycles.